The average molecular weight is 391 g/mol. The van der Waals surface area contributed by atoms with Crippen molar-refractivity contribution < 1.29 is 14.2 Å². The van der Waals surface area contributed by atoms with E-state index in [0.717, 1.165) is 34.6 Å². The topological polar surface area (TPSA) is 52.8 Å². The Morgan fingerprint density at radius 2 is 1.96 bits per heavy atom. The van der Waals surface area contributed by atoms with Crippen LogP contribution in [0.4, 0.5) is 4.79 Å². The third-order valence-electron chi connectivity index (χ3n) is 4.51. The molecule has 0 saturated carbocycles. The molecule has 0 aliphatic carbocycles. The summed E-state index contributed by atoms with van der Waals surface area (Å²) < 4.78 is 1.47. The highest BCUT2D eigenvalue weighted by Gasteiger charge is 2.48. The SMILES string of the molecule is CCCC1=C(SCc2ccc(Cl)cc2)C2C(=O)N(C)C(=O)[N+](C)=C2N=C1. The van der Waals surface area contributed by atoms with E-state index in [1.807, 2.05) is 30.5 Å². The number of halogens is 1. The molecule has 5 nitrogen and oxygen atoms in total. The molecule has 1 unspecified atom stereocenters. The Hall–Kier alpha value is -1.92. The summed E-state index contributed by atoms with van der Waals surface area (Å²) >= 11 is 7.59. The zero-order valence-corrected chi connectivity index (χ0v) is 16.6. The molecule has 1 aromatic carbocycles. The van der Waals surface area contributed by atoms with Crippen LogP contribution in [0.25, 0.3) is 0 Å². The number of carbonyl (C=O) groups excluding carboxylic acids is 2. The third kappa shape index (κ3) is 3.48. The van der Waals surface area contributed by atoms with Crippen molar-refractivity contribution in [2.75, 3.05) is 14.1 Å². The van der Waals surface area contributed by atoms with Crippen molar-refractivity contribution in [1.82, 2.24) is 4.90 Å². The number of amidine groups is 1. The average Bonchev–Trinajstić information content (AvgIpc) is 2.64. The van der Waals surface area contributed by atoms with E-state index in [0.29, 0.717) is 10.9 Å². The van der Waals surface area contributed by atoms with Crippen LogP contribution in [0.5, 0.6) is 0 Å². The number of carbonyl (C=O) groups is 2. The maximum absolute atomic E-state index is 12.9. The van der Waals surface area contributed by atoms with Crippen LogP contribution in [0.15, 0.2) is 39.7 Å². The van der Waals surface area contributed by atoms with Gasteiger partial charge in [0.25, 0.3) is 5.84 Å². The molecule has 1 aromatic rings. The number of aliphatic imine (C=N–C) groups is 1. The molecule has 2 aliphatic rings. The molecule has 0 spiro atoms. The normalized spacial score (nSPS) is 20.2. The lowest BCUT2D eigenvalue weighted by atomic mass is 9.96. The van der Waals surface area contributed by atoms with Crippen molar-refractivity contribution in [2.45, 2.75) is 25.5 Å². The van der Waals surface area contributed by atoms with Gasteiger partial charge in [0.2, 0.25) is 0 Å². The van der Waals surface area contributed by atoms with Gasteiger partial charge in [-0.2, -0.15) is 9.48 Å². The predicted octanol–water partition coefficient (Wildman–Crippen LogP) is 3.96. The lowest BCUT2D eigenvalue weighted by molar-refractivity contribution is -0.407. The highest BCUT2D eigenvalue weighted by molar-refractivity contribution is 8.02. The first kappa shape index (κ1) is 18.9. The van der Waals surface area contributed by atoms with Crippen molar-refractivity contribution in [3.63, 3.8) is 0 Å². The van der Waals surface area contributed by atoms with Gasteiger partial charge in [-0.1, -0.05) is 37.1 Å². The number of benzene rings is 1. The fourth-order valence-electron chi connectivity index (χ4n) is 3.07. The van der Waals surface area contributed by atoms with E-state index in [1.54, 1.807) is 18.8 Å². The van der Waals surface area contributed by atoms with Crippen LogP contribution in [-0.2, 0) is 10.5 Å². The highest BCUT2D eigenvalue weighted by atomic mass is 35.5. The summed E-state index contributed by atoms with van der Waals surface area (Å²) in [5.41, 5.74) is 2.21. The first-order valence-corrected chi connectivity index (χ1v) is 9.86. The Morgan fingerprint density at radius 3 is 2.62 bits per heavy atom. The number of fused-ring (bicyclic) bond motifs is 1. The molecule has 0 fully saturated rings. The first-order valence-electron chi connectivity index (χ1n) is 8.50. The van der Waals surface area contributed by atoms with Gasteiger partial charge in [0.15, 0.2) is 5.92 Å². The molecule has 0 saturated heterocycles. The molecule has 0 N–H and O–H groups in total. The minimum absolute atomic E-state index is 0.216. The molecular weight excluding hydrogens is 370 g/mol. The smallest absolute Gasteiger partial charge is 0.255 e. The van der Waals surface area contributed by atoms with Crippen LogP contribution >= 0.6 is 23.4 Å². The maximum Gasteiger partial charge on any atom is 0.445 e. The summed E-state index contributed by atoms with van der Waals surface area (Å²) in [6.07, 6.45) is 3.63. The number of urea groups is 1. The molecular formula is C19H21ClN3O2S+. The van der Waals surface area contributed by atoms with E-state index in [2.05, 4.69) is 11.9 Å². The van der Waals surface area contributed by atoms with Gasteiger partial charge in [0, 0.05) is 15.7 Å². The Bertz CT molecular complexity index is 843. The number of dihydropyridines is 1. The van der Waals surface area contributed by atoms with Crippen LogP contribution in [0.1, 0.15) is 25.3 Å². The number of allylic oxidation sites excluding steroid dienone is 1. The molecule has 3 amide bonds. The van der Waals surface area contributed by atoms with E-state index in [4.69, 9.17) is 11.6 Å². The van der Waals surface area contributed by atoms with Gasteiger partial charge >= 0.3 is 11.9 Å². The molecule has 2 heterocycles. The van der Waals surface area contributed by atoms with Gasteiger partial charge < -0.3 is 0 Å². The third-order valence-corrected chi connectivity index (χ3v) is 6.05. The fraction of sp³-hybridized carbons (Fsp3) is 0.368. The van der Waals surface area contributed by atoms with Crippen molar-refractivity contribution in [3.05, 3.63) is 45.3 Å². The Kier molecular flexibility index (Phi) is 5.63. The molecule has 2 aliphatic heterocycles. The van der Waals surface area contributed by atoms with E-state index < -0.39 is 5.92 Å². The summed E-state index contributed by atoms with van der Waals surface area (Å²) in [6.45, 7) is 2.10. The van der Waals surface area contributed by atoms with Gasteiger partial charge in [-0.05, 0) is 29.7 Å². The van der Waals surface area contributed by atoms with Crippen LogP contribution in [0.2, 0.25) is 5.02 Å². The quantitative estimate of drug-likeness (QED) is 0.715. The van der Waals surface area contributed by atoms with E-state index in [-0.39, 0.29) is 11.9 Å². The van der Waals surface area contributed by atoms with Gasteiger partial charge in [-0.3, -0.25) is 4.79 Å². The lowest BCUT2D eigenvalue weighted by Crippen LogP contribution is -2.52. The van der Waals surface area contributed by atoms with Crippen molar-refractivity contribution >= 4 is 47.4 Å². The van der Waals surface area contributed by atoms with Crippen molar-refractivity contribution in [3.8, 4) is 0 Å². The number of imide groups is 1. The monoisotopic (exact) mass is 390 g/mol. The van der Waals surface area contributed by atoms with Gasteiger partial charge in [0.1, 0.15) is 6.21 Å². The van der Waals surface area contributed by atoms with E-state index in [1.165, 1.54) is 16.5 Å². The highest BCUT2D eigenvalue weighted by Crippen LogP contribution is 2.37. The number of rotatable bonds is 5. The summed E-state index contributed by atoms with van der Waals surface area (Å²) in [5, 5.41) is 0.703. The maximum atomic E-state index is 12.9. The Balaban J connectivity index is 1.96. The zero-order valence-electron chi connectivity index (χ0n) is 15.0. The molecule has 0 radical (unpaired) electrons. The molecule has 7 heteroatoms. The van der Waals surface area contributed by atoms with E-state index in [9.17, 15) is 9.59 Å². The summed E-state index contributed by atoms with van der Waals surface area (Å²) in [6, 6.07) is 7.36. The second kappa shape index (κ2) is 7.76. The van der Waals surface area contributed by atoms with E-state index >= 15 is 0 Å². The predicted molar refractivity (Wildman–Crippen MR) is 106 cm³/mol. The number of amides is 3. The number of hydrogen-bond acceptors (Lipinski definition) is 4. The fourth-order valence-corrected chi connectivity index (χ4v) is 4.43. The Morgan fingerprint density at radius 1 is 1.27 bits per heavy atom. The second-order valence-corrected chi connectivity index (χ2v) is 7.80. The largest absolute Gasteiger partial charge is 0.445 e. The van der Waals surface area contributed by atoms with Crippen molar-refractivity contribution in [1.29, 1.82) is 0 Å². The minimum atomic E-state index is -0.508. The number of thioether (sulfide) groups is 1. The van der Waals surface area contributed by atoms with Gasteiger partial charge in [-0.25, -0.2) is 4.79 Å². The van der Waals surface area contributed by atoms with Crippen molar-refractivity contribution in [2.24, 2.45) is 10.9 Å². The van der Waals surface area contributed by atoms with Crippen LogP contribution in [-0.4, -0.2) is 47.6 Å². The molecule has 26 heavy (non-hydrogen) atoms. The zero-order chi connectivity index (χ0) is 18.8. The summed E-state index contributed by atoms with van der Waals surface area (Å²) in [5.74, 6) is 0.515. The Labute approximate surface area is 162 Å². The number of hydrogen-bond donors (Lipinski definition) is 0. The lowest BCUT2D eigenvalue weighted by Gasteiger charge is -2.28. The summed E-state index contributed by atoms with van der Waals surface area (Å²) in [7, 11) is 3.19. The van der Waals surface area contributed by atoms with Crippen LogP contribution in [0, 0.1) is 5.92 Å². The molecule has 0 aromatic heterocycles. The molecule has 1 atom stereocenters. The second-order valence-electron chi connectivity index (χ2n) is 6.34. The van der Waals surface area contributed by atoms with Crippen LogP contribution < -0.4 is 0 Å². The molecule has 136 valence electrons. The molecule has 3 rings (SSSR count). The standard InChI is InChI=1S/C19H21ClN3O2S/c1-4-5-13-10-21-17-15(18(24)23(3)19(25)22(17)2)16(13)26-11-12-6-8-14(20)9-7-12/h6-10,15H,4-5,11H2,1-3H3/q+1. The van der Waals surface area contributed by atoms with Gasteiger partial charge in [-0.15, -0.1) is 16.8 Å². The summed E-state index contributed by atoms with van der Waals surface area (Å²) in [4.78, 5) is 31.7. The van der Waals surface area contributed by atoms with Gasteiger partial charge in [0.05, 0.1) is 14.1 Å². The number of nitrogens with zero attached hydrogens (tertiary/aromatic N) is 3. The first-order chi connectivity index (χ1) is 12.4. The molecule has 0 bridgehead atoms. The minimum Gasteiger partial charge on any atom is -0.255 e. The van der Waals surface area contributed by atoms with Crippen LogP contribution in [0.3, 0.4) is 0 Å².